The van der Waals surface area contributed by atoms with E-state index in [2.05, 4.69) is 28.3 Å². The predicted molar refractivity (Wildman–Crippen MR) is 68.6 cm³/mol. The molecule has 0 amide bonds. The summed E-state index contributed by atoms with van der Waals surface area (Å²) in [7, 11) is 0. The highest BCUT2D eigenvalue weighted by Crippen LogP contribution is 2.18. The average molecular weight is 227 g/mol. The van der Waals surface area contributed by atoms with Crippen molar-refractivity contribution >= 4 is 0 Å². The van der Waals surface area contributed by atoms with Gasteiger partial charge >= 0.3 is 0 Å². The number of hydrogen-bond acceptors (Lipinski definition) is 3. The molecule has 1 atom stereocenters. The molecule has 0 aliphatic carbocycles. The Kier molecular flexibility index (Phi) is 4.22. The molecule has 1 unspecified atom stereocenters. The van der Waals surface area contributed by atoms with Gasteiger partial charge in [0.05, 0.1) is 11.7 Å². The Labute approximate surface area is 102 Å². The molecule has 17 heavy (non-hydrogen) atoms. The van der Waals surface area contributed by atoms with Crippen molar-refractivity contribution in [3.05, 3.63) is 60.2 Å². The Balaban J connectivity index is 2.26. The van der Waals surface area contributed by atoms with Crippen molar-refractivity contribution in [2.75, 3.05) is 6.54 Å². The summed E-state index contributed by atoms with van der Waals surface area (Å²) in [5.41, 5.74) is 2.19. The topological polar surface area (TPSA) is 37.8 Å². The number of aromatic nitrogens is 2. The van der Waals surface area contributed by atoms with Crippen LogP contribution in [-0.4, -0.2) is 16.5 Å². The Morgan fingerprint density at radius 2 is 2.12 bits per heavy atom. The zero-order chi connectivity index (χ0) is 11.9. The van der Waals surface area contributed by atoms with Crippen molar-refractivity contribution in [2.24, 2.45) is 0 Å². The molecule has 3 nitrogen and oxygen atoms in total. The first kappa shape index (κ1) is 11.7. The fourth-order valence-electron chi connectivity index (χ4n) is 1.78. The summed E-state index contributed by atoms with van der Waals surface area (Å²) >= 11 is 0. The van der Waals surface area contributed by atoms with Crippen molar-refractivity contribution in [1.29, 1.82) is 0 Å². The molecule has 2 heterocycles. The van der Waals surface area contributed by atoms with Crippen molar-refractivity contribution in [2.45, 2.75) is 19.4 Å². The van der Waals surface area contributed by atoms with Crippen LogP contribution < -0.4 is 5.32 Å². The molecule has 2 aromatic heterocycles. The summed E-state index contributed by atoms with van der Waals surface area (Å²) in [5.74, 6) is 0. The summed E-state index contributed by atoms with van der Waals surface area (Å²) in [5, 5.41) is 3.50. The van der Waals surface area contributed by atoms with Gasteiger partial charge in [0, 0.05) is 18.6 Å². The lowest BCUT2D eigenvalue weighted by Crippen LogP contribution is -2.24. The summed E-state index contributed by atoms with van der Waals surface area (Å²) in [4.78, 5) is 8.59. The van der Waals surface area contributed by atoms with Gasteiger partial charge in [-0.05, 0) is 36.7 Å². The second kappa shape index (κ2) is 6.11. The van der Waals surface area contributed by atoms with Crippen LogP contribution in [0.25, 0.3) is 0 Å². The number of nitrogens with zero attached hydrogens (tertiary/aromatic N) is 2. The average Bonchev–Trinajstić information content (AvgIpc) is 2.42. The minimum atomic E-state index is 0.129. The lowest BCUT2D eigenvalue weighted by molar-refractivity contribution is 0.585. The fraction of sp³-hybridized carbons (Fsp3) is 0.286. The smallest absolute Gasteiger partial charge is 0.0766 e. The van der Waals surface area contributed by atoms with Crippen LogP contribution in [0.3, 0.4) is 0 Å². The van der Waals surface area contributed by atoms with E-state index in [1.54, 1.807) is 6.20 Å². The number of nitrogens with one attached hydrogen (secondary N) is 1. The third-order valence-corrected chi connectivity index (χ3v) is 2.60. The zero-order valence-electron chi connectivity index (χ0n) is 10.0. The van der Waals surface area contributed by atoms with Crippen molar-refractivity contribution in [3.8, 4) is 0 Å². The van der Waals surface area contributed by atoms with Crippen LogP contribution in [0.4, 0.5) is 0 Å². The van der Waals surface area contributed by atoms with E-state index in [-0.39, 0.29) is 6.04 Å². The Hall–Kier alpha value is -1.74. The largest absolute Gasteiger partial charge is 0.305 e. The third kappa shape index (κ3) is 3.11. The van der Waals surface area contributed by atoms with Crippen molar-refractivity contribution < 1.29 is 0 Å². The molecule has 2 aromatic rings. The van der Waals surface area contributed by atoms with Crippen LogP contribution in [0.5, 0.6) is 0 Å². The Morgan fingerprint density at radius 3 is 2.76 bits per heavy atom. The monoisotopic (exact) mass is 227 g/mol. The minimum Gasteiger partial charge on any atom is -0.305 e. The molecule has 1 N–H and O–H groups in total. The Morgan fingerprint density at radius 1 is 1.18 bits per heavy atom. The van der Waals surface area contributed by atoms with Crippen LogP contribution >= 0.6 is 0 Å². The van der Waals surface area contributed by atoms with E-state index >= 15 is 0 Å². The van der Waals surface area contributed by atoms with Gasteiger partial charge in [0.15, 0.2) is 0 Å². The maximum absolute atomic E-state index is 4.42. The van der Waals surface area contributed by atoms with E-state index in [9.17, 15) is 0 Å². The van der Waals surface area contributed by atoms with Crippen LogP contribution in [0.1, 0.15) is 30.6 Å². The zero-order valence-corrected chi connectivity index (χ0v) is 10.0. The number of hydrogen-bond donors (Lipinski definition) is 1. The molecule has 0 aromatic carbocycles. The van der Waals surface area contributed by atoms with E-state index < -0.39 is 0 Å². The first-order valence-electron chi connectivity index (χ1n) is 5.96. The highest BCUT2D eigenvalue weighted by molar-refractivity contribution is 5.24. The molecule has 0 fully saturated rings. The second-order valence-corrected chi connectivity index (χ2v) is 3.93. The first-order chi connectivity index (χ1) is 8.42. The van der Waals surface area contributed by atoms with Gasteiger partial charge in [-0.1, -0.05) is 19.1 Å². The normalized spacial score (nSPS) is 12.3. The molecule has 0 aliphatic rings. The van der Waals surface area contributed by atoms with Gasteiger partial charge < -0.3 is 5.32 Å². The van der Waals surface area contributed by atoms with E-state index in [0.717, 1.165) is 24.2 Å². The molecular weight excluding hydrogens is 210 g/mol. The number of pyridine rings is 2. The molecule has 88 valence electrons. The second-order valence-electron chi connectivity index (χ2n) is 3.93. The Bertz CT molecular complexity index is 388. The van der Waals surface area contributed by atoms with E-state index in [4.69, 9.17) is 0 Å². The quantitative estimate of drug-likeness (QED) is 0.853. The van der Waals surface area contributed by atoms with Gasteiger partial charge in [-0.3, -0.25) is 9.97 Å². The van der Waals surface area contributed by atoms with E-state index in [1.807, 2.05) is 36.7 Å². The van der Waals surface area contributed by atoms with Crippen LogP contribution in [0.2, 0.25) is 0 Å². The molecule has 0 saturated carbocycles. The summed E-state index contributed by atoms with van der Waals surface area (Å²) in [6.07, 6.45) is 6.61. The maximum atomic E-state index is 4.42. The molecule has 3 heteroatoms. The van der Waals surface area contributed by atoms with Gasteiger partial charge in [0.25, 0.3) is 0 Å². The van der Waals surface area contributed by atoms with Gasteiger partial charge in [-0.2, -0.15) is 0 Å². The van der Waals surface area contributed by atoms with Gasteiger partial charge in [-0.15, -0.1) is 0 Å². The molecular formula is C14H17N3. The molecule has 0 aliphatic heterocycles. The standard InChI is InChI=1S/C14H17N3/c1-2-8-17-14(12-6-5-9-15-11-12)13-7-3-4-10-16-13/h3-7,9-11,14,17H,2,8H2,1H3. The van der Waals surface area contributed by atoms with Crippen LogP contribution in [0, 0.1) is 0 Å². The van der Waals surface area contributed by atoms with Crippen molar-refractivity contribution in [3.63, 3.8) is 0 Å². The summed E-state index contributed by atoms with van der Waals surface area (Å²) in [6.45, 7) is 3.13. The highest BCUT2D eigenvalue weighted by atomic mass is 14.9. The van der Waals surface area contributed by atoms with Gasteiger partial charge in [0.1, 0.15) is 0 Å². The molecule has 0 spiro atoms. The number of rotatable bonds is 5. The molecule has 0 saturated heterocycles. The SMILES string of the molecule is CCCNC(c1cccnc1)c1ccccn1. The molecule has 0 radical (unpaired) electrons. The molecule has 2 rings (SSSR count). The fourth-order valence-corrected chi connectivity index (χ4v) is 1.78. The third-order valence-electron chi connectivity index (χ3n) is 2.60. The lowest BCUT2D eigenvalue weighted by Gasteiger charge is -2.17. The first-order valence-corrected chi connectivity index (χ1v) is 5.96. The van der Waals surface area contributed by atoms with Gasteiger partial charge in [-0.25, -0.2) is 0 Å². The summed E-state index contributed by atoms with van der Waals surface area (Å²) in [6, 6.07) is 10.2. The summed E-state index contributed by atoms with van der Waals surface area (Å²) < 4.78 is 0. The van der Waals surface area contributed by atoms with Crippen molar-refractivity contribution in [1.82, 2.24) is 15.3 Å². The van der Waals surface area contributed by atoms with E-state index in [1.165, 1.54) is 0 Å². The van der Waals surface area contributed by atoms with Crippen LogP contribution in [0.15, 0.2) is 48.9 Å². The van der Waals surface area contributed by atoms with E-state index in [0.29, 0.717) is 0 Å². The lowest BCUT2D eigenvalue weighted by atomic mass is 10.1. The molecule has 0 bridgehead atoms. The highest BCUT2D eigenvalue weighted by Gasteiger charge is 2.13. The predicted octanol–water partition coefficient (Wildman–Crippen LogP) is 2.57. The maximum Gasteiger partial charge on any atom is 0.0766 e. The minimum absolute atomic E-state index is 0.129. The van der Waals surface area contributed by atoms with Gasteiger partial charge in [0.2, 0.25) is 0 Å². The van der Waals surface area contributed by atoms with Crippen LogP contribution in [-0.2, 0) is 0 Å².